The summed E-state index contributed by atoms with van der Waals surface area (Å²) >= 11 is 0. The van der Waals surface area contributed by atoms with Crippen LogP contribution in [-0.4, -0.2) is 0 Å². The molecular weight excluding hydrogens is 396 g/mol. The van der Waals surface area contributed by atoms with Crippen LogP contribution in [0.4, 0.5) is 0 Å². The highest BCUT2D eigenvalue weighted by Crippen LogP contribution is 2.44. The summed E-state index contributed by atoms with van der Waals surface area (Å²) in [6.45, 7) is 16.0. The SMILES string of the molecule is CC.CC.CC.CC.c1ccc(C(c2ccccc2)(c2ccccc2)c2ccccc2)cc1. The van der Waals surface area contributed by atoms with Crippen molar-refractivity contribution in [3.8, 4) is 0 Å². The highest BCUT2D eigenvalue weighted by molar-refractivity contribution is 5.59. The number of hydrogen-bond acceptors (Lipinski definition) is 0. The van der Waals surface area contributed by atoms with E-state index in [0.717, 1.165) is 0 Å². The monoisotopic (exact) mass is 440 g/mol. The lowest BCUT2D eigenvalue weighted by Gasteiger charge is -2.36. The quantitative estimate of drug-likeness (QED) is 0.277. The molecular formula is C33H44. The smallest absolute Gasteiger partial charge is 0.0683 e. The van der Waals surface area contributed by atoms with Gasteiger partial charge in [-0.25, -0.2) is 0 Å². The molecule has 176 valence electrons. The maximum Gasteiger partial charge on any atom is 0.0701 e. The Balaban J connectivity index is 0.00000116. The first-order valence-corrected chi connectivity index (χ1v) is 12.6. The summed E-state index contributed by atoms with van der Waals surface area (Å²) in [6, 6.07) is 43.1. The molecule has 0 bridgehead atoms. The minimum atomic E-state index is -0.328. The molecule has 0 atom stereocenters. The fourth-order valence-electron chi connectivity index (χ4n) is 3.75. The minimum absolute atomic E-state index is 0.328. The molecule has 4 rings (SSSR count). The Bertz CT molecular complexity index is 747. The third-order valence-corrected chi connectivity index (χ3v) is 4.83. The van der Waals surface area contributed by atoms with E-state index in [2.05, 4.69) is 121 Å². The zero-order valence-corrected chi connectivity index (χ0v) is 22.0. The van der Waals surface area contributed by atoms with Crippen LogP contribution in [0.1, 0.15) is 77.6 Å². The van der Waals surface area contributed by atoms with Crippen molar-refractivity contribution in [3.05, 3.63) is 144 Å². The predicted molar refractivity (Wildman–Crippen MR) is 150 cm³/mol. The Morgan fingerprint density at radius 3 is 0.576 bits per heavy atom. The number of hydrogen-bond donors (Lipinski definition) is 0. The number of benzene rings is 4. The topological polar surface area (TPSA) is 0 Å². The Morgan fingerprint density at radius 2 is 0.424 bits per heavy atom. The Labute approximate surface area is 204 Å². The van der Waals surface area contributed by atoms with Gasteiger partial charge in [-0.2, -0.15) is 0 Å². The van der Waals surface area contributed by atoms with Crippen molar-refractivity contribution in [2.75, 3.05) is 0 Å². The summed E-state index contributed by atoms with van der Waals surface area (Å²) in [5.41, 5.74) is 4.78. The third kappa shape index (κ3) is 7.46. The van der Waals surface area contributed by atoms with E-state index in [1.54, 1.807) is 0 Å². The molecule has 0 spiro atoms. The van der Waals surface area contributed by atoms with Gasteiger partial charge in [0.15, 0.2) is 0 Å². The van der Waals surface area contributed by atoms with E-state index in [1.807, 2.05) is 55.4 Å². The van der Waals surface area contributed by atoms with Crippen molar-refractivity contribution in [2.24, 2.45) is 0 Å². The van der Waals surface area contributed by atoms with Crippen molar-refractivity contribution in [2.45, 2.75) is 60.8 Å². The molecule has 0 saturated carbocycles. The van der Waals surface area contributed by atoms with Crippen molar-refractivity contribution < 1.29 is 0 Å². The lowest BCUT2D eigenvalue weighted by atomic mass is 9.65. The molecule has 0 heterocycles. The van der Waals surface area contributed by atoms with Crippen molar-refractivity contribution in [3.63, 3.8) is 0 Å². The van der Waals surface area contributed by atoms with E-state index in [4.69, 9.17) is 0 Å². The molecule has 33 heavy (non-hydrogen) atoms. The van der Waals surface area contributed by atoms with Gasteiger partial charge in [0.2, 0.25) is 0 Å². The van der Waals surface area contributed by atoms with Gasteiger partial charge in [0.25, 0.3) is 0 Å². The molecule has 4 aromatic carbocycles. The summed E-state index contributed by atoms with van der Waals surface area (Å²) in [6.07, 6.45) is 0. The first-order valence-electron chi connectivity index (χ1n) is 12.6. The standard InChI is InChI=1S/C25H20.4C2H6/c1-5-13-21(14-6-1)25(22-15-7-2-8-16-22,23-17-9-3-10-18-23)24-19-11-4-12-20-24;4*1-2/h1-20H;4*1-2H3. The maximum absolute atomic E-state index is 2.23. The van der Waals surface area contributed by atoms with E-state index in [0.29, 0.717) is 0 Å². The second-order valence-electron chi connectivity index (χ2n) is 6.21. The molecule has 0 saturated heterocycles. The minimum Gasteiger partial charge on any atom is -0.0683 e. The van der Waals surface area contributed by atoms with Crippen LogP contribution in [0.2, 0.25) is 0 Å². The second kappa shape index (κ2) is 18.5. The largest absolute Gasteiger partial charge is 0.0701 e. The van der Waals surface area contributed by atoms with Gasteiger partial charge in [-0.3, -0.25) is 0 Å². The summed E-state index contributed by atoms with van der Waals surface area (Å²) in [5, 5.41) is 0. The molecule has 0 heteroatoms. The van der Waals surface area contributed by atoms with Gasteiger partial charge in [0.1, 0.15) is 0 Å². The summed E-state index contributed by atoms with van der Waals surface area (Å²) in [4.78, 5) is 0. The molecule has 0 fully saturated rings. The summed E-state index contributed by atoms with van der Waals surface area (Å²) in [5.74, 6) is 0. The van der Waals surface area contributed by atoms with Crippen molar-refractivity contribution >= 4 is 0 Å². The molecule has 0 nitrogen and oxygen atoms in total. The van der Waals surface area contributed by atoms with Gasteiger partial charge in [-0.15, -0.1) is 0 Å². The van der Waals surface area contributed by atoms with Crippen LogP contribution in [0.3, 0.4) is 0 Å². The van der Waals surface area contributed by atoms with Crippen LogP contribution in [0.5, 0.6) is 0 Å². The van der Waals surface area contributed by atoms with Crippen LogP contribution in [0.15, 0.2) is 121 Å². The molecule has 0 N–H and O–H groups in total. The highest BCUT2D eigenvalue weighted by atomic mass is 14.4. The predicted octanol–water partition coefficient (Wildman–Crippen LogP) is 10.2. The lowest BCUT2D eigenvalue weighted by Crippen LogP contribution is -2.30. The second-order valence-corrected chi connectivity index (χ2v) is 6.21. The van der Waals surface area contributed by atoms with E-state index >= 15 is 0 Å². The summed E-state index contributed by atoms with van der Waals surface area (Å²) < 4.78 is 0. The van der Waals surface area contributed by atoms with E-state index in [9.17, 15) is 0 Å². The Kier molecular flexibility index (Phi) is 16.7. The highest BCUT2D eigenvalue weighted by Gasteiger charge is 2.37. The fraction of sp³-hybridized carbons (Fsp3) is 0.273. The van der Waals surface area contributed by atoms with Crippen LogP contribution in [0.25, 0.3) is 0 Å². The van der Waals surface area contributed by atoms with Gasteiger partial charge < -0.3 is 0 Å². The van der Waals surface area contributed by atoms with Crippen LogP contribution >= 0.6 is 0 Å². The fourth-order valence-corrected chi connectivity index (χ4v) is 3.75. The normalized spacial score (nSPS) is 9.21. The van der Waals surface area contributed by atoms with E-state index in [-0.39, 0.29) is 5.41 Å². The molecule has 0 aliphatic carbocycles. The van der Waals surface area contributed by atoms with Crippen molar-refractivity contribution in [1.29, 1.82) is 0 Å². The average Bonchev–Trinajstić information content (AvgIpc) is 2.96. The first-order chi connectivity index (χ1) is 16.4. The molecule has 0 unspecified atom stereocenters. The Morgan fingerprint density at radius 1 is 0.273 bits per heavy atom. The lowest BCUT2D eigenvalue weighted by molar-refractivity contribution is 0.745. The van der Waals surface area contributed by atoms with Crippen molar-refractivity contribution in [1.82, 2.24) is 0 Å². The zero-order valence-electron chi connectivity index (χ0n) is 22.0. The van der Waals surface area contributed by atoms with E-state index in [1.165, 1.54) is 22.3 Å². The molecule has 0 aliphatic rings. The van der Waals surface area contributed by atoms with Gasteiger partial charge in [0.05, 0.1) is 5.41 Å². The molecule has 0 amide bonds. The van der Waals surface area contributed by atoms with Gasteiger partial charge in [-0.05, 0) is 22.3 Å². The molecule has 0 aromatic heterocycles. The molecule has 4 aromatic rings. The van der Waals surface area contributed by atoms with Gasteiger partial charge in [0, 0.05) is 0 Å². The first kappa shape index (κ1) is 29.9. The van der Waals surface area contributed by atoms with E-state index < -0.39 is 0 Å². The zero-order chi connectivity index (χ0) is 25.0. The molecule has 0 radical (unpaired) electrons. The van der Waals surface area contributed by atoms with Gasteiger partial charge in [-0.1, -0.05) is 177 Å². The van der Waals surface area contributed by atoms with Crippen LogP contribution in [0, 0.1) is 0 Å². The Hall–Kier alpha value is -3.12. The summed E-state index contributed by atoms with van der Waals surface area (Å²) in [7, 11) is 0. The van der Waals surface area contributed by atoms with Crippen LogP contribution in [-0.2, 0) is 5.41 Å². The third-order valence-electron chi connectivity index (χ3n) is 4.83. The van der Waals surface area contributed by atoms with Gasteiger partial charge >= 0.3 is 0 Å². The molecule has 0 aliphatic heterocycles. The average molecular weight is 441 g/mol. The number of rotatable bonds is 4. The maximum atomic E-state index is 2.23. The van der Waals surface area contributed by atoms with Crippen LogP contribution < -0.4 is 0 Å².